The lowest BCUT2D eigenvalue weighted by molar-refractivity contribution is -0.143. The number of alkyl halides is 6. The number of Topliss-reactive ketones (excluding diaryl/α,β-unsaturated/α-hetero) is 2. The van der Waals surface area contributed by atoms with Gasteiger partial charge in [-0.2, -0.15) is 26.3 Å². The Balaban J connectivity index is 3.26. The fraction of sp³-hybridized carbons (Fsp3) is 0.385. The molecule has 0 heterocycles. The van der Waals surface area contributed by atoms with Crippen LogP contribution < -0.4 is 0 Å². The third-order valence-electron chi connectivity index (χ3n) is 2.61. The van der Waals surface area contributed by atoms with Crippen LogP contribution in [0.1, 0.15) is 41.3 Å². The van der Waals surface area contributed by atoms with Crippen molar-refractivity contribution in [2.45, 2.75) is 32.1 Å². The average Bonchev–Trinajstić information content (AvgIpc) is 2.33. The number of hydrogen-bond donors (Lipinski definition) is 0. The number of benzene rings is 1. The van der Waals surface area contributed by atoms with Crippen molar-refractivity contribution in [1.29, 1.82) is 0 Å². The first-order valence-electron chi connectivity index (χ1n) is 5.73. The van der Waals surface area contributed by atoms with Crippen molar-refractivity contribution in [3.05, 3.63) is 34.9 Å². The molecule has 0 spiro atoms. The molecule has 0 bridgehead atoms. The van der Waals surface area contributed by atoms with E-state index >= 15 is 0 Å². The minimum atomic E-state index is -5.00. The van der Waals surface area contributed by atoms with Crippen LogP contribution in [-0.2, 0) is 17.1 Å². The Morgan fingerprint density at radius 2 is 1.29 bits per heavy atom. The molecule has 0 fully saturated rings. The summed E-state index contributed by atoms with van der Waals surface area (Å²) in [6.07, 6.45) is -10.7. The Morgan fingerprint density at radius 3 is 1.62 bits per heavy atom. The number of hydrogen-bond acceptors (Lipinski definition) is 2. The van der Waals surface area contributed by atoms with Crippen molar-refractivity contribution in [3.63, 3.8) is 0 Å². The molecule has 0 N–H and O–H groups in total. The number of halogens is 6. The molecule has 1 aromatic carbocycles. The molecule has 0 saturated carbocycles. The first-order chi connectivity index (χ1) is 9.41. The van der Waals surface area contributed by atoms with E-state index in [4.69, 9.17) is 0 Å². The second-order valence-electron chi connectivity index (χ2n) is 4.42. The number of rotatable bonds is 4. The van der Waals surface area contributed by atoms with Gasteiger partial charge in [0.25, 0.3) is 0 Å². The maximum Gasteiger partial charge on any atom is 0.416 e. The fourth-order valence-electron chi connectivity index (χ4n) is 1.55. The van der Waals surface area contributed by atoms with Gasteiger partial charge in [0.2, 0.25) is 0 Å². The van der Waals surface area contributed by atoms with E-state index in [1.807, 2.05) is 0 Å². The molecule has 1 rings (SSSR count). The number of ketones is 2. The molecule has 0 aromatic heterocycles. The highest BCUT2D eigenvalue weighted by molar-refractivity contribution is 5.98. The third-order valence-corrected chi connectivity index (χ3v) is 2.61. The molecular weight excluding hydrogens is 302 g/mol. The van der Waals surface area contributed by atoms with Crippen LogP contribution >= 0.6 is 0 Å². The Labute approximate surface area is 115 Å². The molecule has 2 nitrogen and oxygen atoms in total. The smallest absolute Gasteiger partial charge is 0.300 e. The quantitative estimate of drug-likeness (QED) is 0.614. The Morgan fingerprint density at radius 1 is 0.857 bits per heavy atom. The summed E-state index contributed by atoms with van der Waals surface area (Å²) in [4.78, 5) is 22.3. The van der Waals surface area contributed by atoms with Crippen LogP contribution in [0.3, 0.4) is 0 Å². The predicted octanol–water partition coefficient (Wildman–Crippen LogP) is 4.28. The molecule has 8 heteroatoms. The monoisotopic (exact) mass is 312 g/mol. The molecule has 0 radical (unpaired) electrons. The summed E-state index contributed by atoms with van der Waals surface area (Å²) in [6.45, 7) is 1.17. The first kappa shape index (κ1) is 17.2. The lowest BCUT2D eigenvalue weighted by Gasteiger charge is -2.13. The van der Waals surface area contributed by atoms with Crippen LogP contribution in [0.5, 0.6) is 0 Å². The van der Waals surface area contributed by atoms with Gasteiger partial charge in [-0.15, -0.1) is 0 Å². The summed E-state index contributed by atoms with van der Waals surface area (Å²) >= 11 is 0. The molecule has 1 aromatic rings. The summed E-state index contributed by atoms with van der Waals surface area (Å²) in [5, 5.41) is 0. The summed E-state index contributed by atoms with van der Waals surface area (Å²) < 4.78 is 75.5. The van der Waals surface area contributed by atoms with Gasteiger partial charge in [-0.05, 0) is 25.1 Å². The lowest BCUT2D eigenvalue weighted by Crippen LogP contribution is -2.13. The van der Waals surface area contributed by atoms with E-state index in [2.05, 4.69) is 0 Å². The third kappa shape index (κ3) is 4.87. The van der Waals surface area contributed by atoms with Gasteiger partial charge in [0.1, 0.15) is 5.78 Å². The Hall–Kier alpha value is -1.86. The minimum absolute atomic E-state index is 0.0538. The van der Waals surface area contributed by atoms with E-state index in [-0.39, 0.29) is 18.3 Å². The molecule has 0 saturated heterocycles. The van der Waals surface area contributed by atoms with Gasteiger partial charge >= 0.3 is 12.4 Å². The topological polar surface area (TPSA) is 34.1 Å². The molecule has 116 valence electrons. The van der Waals surface area contributed by atoms with E-state index in [1.165, 1.54) is 6.92 Å². The van der Waals surface area contributed by atoms with E-state index in [1.54, 1.807) is 0 Å². The van der Waals surface area contributed by atoms with Crippen LogP contribution in [0.25, 0.3) is 0 Å². The molecular formula is C13H10F6O2. The molecule has 0 aliphatic carbocycles. The SMILES string of the molecule is CC(=O)CCC(=O)c1cc(C(F)(F)F)cc(C(F)(F)F)c1. The van der Waals surface area contributed by atoms with Gasteiger partial charge in [0.05, 0.1) is 11.1 Å². The van der Waals surface area contributed by atoms with Crippen LogP contribution in [0.4, 0.5) is 26.3 Å². The van der Waals surface area contributed by atoms with Crippen LogP contribution in [0.2, 0.25) is 0 Å². The maximum atomic E-state index is 12.6. The zero-order valence-electron chi connectivity index (χ0n) is 10.7. The normalized spacial score (nSPS) is 12.3. The Kier molecular flexibility index (Phi) is 4.80. The van der Waals surface area contributed by atoms with E-state index in [0.29, 0.717) is 12.1 Å². The van der Waals surface area contributed by atoms with E-state index < -0.39 is 41.2 Å². The van der Waals surface area contributed by atoms with E-state index in [9.17, 15) is 35.9 Å². The van der Waals surface area contributed by atoms with E-state index in [0.717, 1.165) is 0 Å². The number of carbonyl (C=O) groups excluding carboxylic acids is 2. The van der Waals surface area contributed by atoms with Crippen molar-refractivity contribution in [2.24, 2.45) is 0 Å². The second kappa shape index (κ2) is 5.87. The molecule has 0 atom stereocenters. The van der Waals surface area contributed by atoms with Gasteiger partial charge in [-0.3, -0.25) is 4.79 Å². The van der Waals surface area contributed by atoms with Gasteiger partial charge in [0, 0.05) is 18.4 Å². The summed E-state index contributed by atoms with van der Waals surface area (Å²) in [7, 11) is 0. The standard InChI is InChI=1S/C13H10F6O2/c1-7(20)2-3-11(21)8-4-9(12(14,15)16)6-10(5-8)13(17,18)19/h4-6H,2-3H2,1H3. The van der Waals surface area contributed by atoms with Crippen molar-refractivity contribution >= 4 is 11.6 Å². The molecule has 0 unspecified atom stereocenters. The summed E-state index contributed by atoms with van der Waals surface area (Å²) in [6, 6.07) is 0.664. The fourth-order valence-corrected chi connectivity index (χ4v) is 1.55. The largest absolute Gasteiger partial charge is 0.416 e. The summed E-state index contributed by atoms with van der Waals surface area (Å²) in [5.74, 6) is -1.33. The highest BCUT2D eigenvalue weighted by atomic mass is 19.4. The highest BCUT2D eigenvalue weighted by Gasteiger charge is 2.37. The van der Waals surface area contributed by atoms with Gasteiger partial charge in [-0.25, -0.2) is 0 Å². The van der Waals surface area contributed by atoms with Crippen LogP contribution in [-0.4, -0.2) is 11.6 Å². The van der Waals surface area contributed by atoms with Crippen LogP contribution in [0.15, 0.2) is 18.2 Å². The molecule has 21 heavy (non-hydrogen) atoms. The lowest BCUT2D eigenvalue weighted by atomic mass is 9.99. The van der Waals surface area contributed by atoms with Crippen molar-refractivity contribution < 1.29 is 35.9 Å². The first-order valence-corrected chi connectivity index (χ1v) is 5.73. The van der Waals surface area contributed by atoms with Crippen LogP contribution in [0, 0.1) is 0 Å². The maximum absolute atomic E-state index is 12.6. The zero-order valence-corrected chi connectivity index (χ0v) is 10.7. The molecule has 0 aliphatic heterocycles. The Bertz CT molecular complexity index is 525. The average molecular weight is 312 g/mol. The summed E-state index contributed by atoms with van der Waals surface area (Å²) in [5.41, 5.74) is -3.81. The molecule has 0 aliphatic rings. The van der Waals surface area contributed by atoms with Gasteiger partial charge in [0.15, 0.2) is 5.78 Å². The predicted molar refractivity (Wildman–Crippen MR) is 60.7 cm³/mol. The number of carbonyl (C=O) groups is 2. The van der Waals surface area contributed by atoms with Crippen molar-refractivity contribution in [3.8, 4) is 0 Å². The second-order valence-corrected chi connectivity index (χ2v) is 4.42. The van der Waals surface area contributed by atoms with Gasteiger partial charge < -0.3 is 4.79 Å². The van der Waals surface area contributed by atoms with Crippen molar-refractivity contribution in [1.82, 2.24) is 0 Å². The molecule has 0 amide bonds. The van der Waals surface area contributed by atoms with Gasteiger partial charge in [-0.1, -0.05) is 0 Å². The minimum Gasteiger partial charge on any atom is -0.300 e. The van der Waals surface area contributed by atoms with Crippen molar-refractivity contribution in [2.75, 3.05) is 0 Å². The highest BCUT2D eigenvalue weighted by Crippen LogP contribution is 2.36. The zero-order chi connectivity index (χ0) is 16.4.